The van der Waals surface area contributed by atoms with Gasteiger partial charge in [0.1, 0.15) is 0 Å². The van der Waals surface area contributed by atoms with Crippen molar-refractivity contribution in [2.75, 3.05) is 4.90 Å². The van der Waals surface area contributed by atoms with Gasteiger partial charge in [0, 0.05) is 10.8 Å². The summed E-state index contributed by atoms with van der Waals surface area (Å²) >= 11 is 0. The fourth-order valence-corrected chi connectivity index (χ4v) is 7.48. The van der Waals surface area contributed by atoms with Crippen molar-refractivity contribution in [3.63, 3.8) is 0 Å². The Kier molecular flexibility index (Phi) is 4.98. The van der Waals surface area contributed by atoms with Gasteiger partial charge in [-0.05, 0) is 73.5 Å². The molecule has 1 heteroatoms. The minimum absolute atomic E-state index is 0.0699. The third-order valence-electron chi connectivity index (χ3n) is 9.64. The molecule has 0 aromatic heterocycles. The zero-order valence-corrected chi connectivity index (χ0v) is 24.1. The van der Waals surface area contributed by atoms with E-state index in [4.69, 9.17) is 0 Å². The highest BCUT2D eigenvalue weighted by Gasteiger charge is 2.45. The van der Waals surface area contributed by atoms with Crippen LogP contribution in [0.5, 0.6) is 0 Å². The second-order valence-electron chi connectivity index (χ2n) is 12.6. The summed E-state index contributed by atoms with van der Waals surface area (Å²) in [6.45, 7) is 9.54. The lowest BCUT2D eigenvalue weighted by Gasteiger charge is -2.49. The van der Waals surface area contributed by atoms with Crippen molar-refractivity contribution in [1.29, 1.82) is 0 Å². The number of anilines is 3. The molecule has 0 saturated heterocycles. The lowest BCUT2D eigenvalue weighted by Crippen LogP contribution is -2.38. The van der Waals surface area contributed by atoms with Gasteiger partial charge in [0.2, 0.25) is 0 Å². The lowest BCUT2D eigenvalue weighted by atomic mass is 9.66. The van der Waals surface area contributed by atoms with Crippen molar-refractivity contribution in [3.05, 3.63) is 150 Å². The summed E-state index contributed by atoms with van der Waals surface area (Å²) < 4.78 is 0. The summed E-state index contributed by atoms with van der Waals surface area (Å²) in [4.78, 5) is 2.54. The van der Waals surface area contributed by atoms with Crippen LogP contribution in [0.15, 0.2) is 127 Å². The number of rotatable bonds is 2. The van der Waals surface area contributed by atoms with Gasteiger partial charge in [-0.3, -0.25) is 0 Å². The van der Waals surface area contributed by atoms with Crippen LogP contribution in [0.25, 0.3) is 33.0 Å². The molecule has 0 N–H and O–H groups in total. The number of hydrogen-bond acceptors (Lipinski definition) is 1. The van der Waals surface area contributed by atoms with Gasteiger partial charge in [-0.15, -0.1) is 0 Å². The Morgan fingerprint density at radius 2 is 1.10 bits per heavy atom. The number of fused-ring (bicyclic) bond motifs is 5. The summed E-state index contributed by atoms with van der Waals surface area (Å²) in [6, 6.07) is 47.2. The third kappa shape index (κ3) is 3.29. The first kappa shape index (κ1) is 24.2. The minimum Gasteiger partial charge on any atom is -0.309 e. The van der Waals surface area contributed by atoms with Crippen molar-refractivity contribution >= 4 is 27.8 Å². The van der Waals surface area contributed by atoms with E-state index in [0.717, 1.165) is 0 Å². The molecule has 0 fully saturated rings. The molecular formula is C40H33N. The average Bonchev–Trinajstić information content (AvgIpc) is 3.00. The minimum atomic E-state index is -0.160. The first-order valence-electron chi connectivity index (χ1n) is 14.6. The maximum absolute atomic E-state index is 2.54. The number of benzene rings is 6. The Morgan fingerprint density at radius 3 is 1.90 bits per heavy atom. The van der Waals surface area contributed by atoms with Gasteiger partial charge in [-0.1, -0.05) is 137 Å². The molecule has 0 amide bonds. The van der Waals surface area contributed by atoms with Crippen LogP contribution in [0, 0.1) is 0 Å². The molecule has 2 heterocycles. The molecule has 0 aliphatic carbocycles. The van der Waals surface area contributed by atoms with Crippen LogP contribution in [0.2, 0.25) is 0 Å². The molecule has 2 aliphatic rings. The highest BCUT2D eigenvalue weighted by molar-refractivity contribution is 6.05. The van der Waals surface area contributed by atoms with E-state index in [9.17, 15) is 0 Å². The van der Waals surface area contributed by atoms with E-state index in [2.05, 4.69) is 160 Å². The lowest BCUT2D eigenvalue weighted by molar-refractivity contribution is 0.597. The van der Waals surface area contributed by atoms with Crippen LogP contribution in [0.1, 0.15) is 49.9 Å². The molecule has 0 unspecified atom stereocenters. The van der Waals surface area contributed by atoms with Gasteiger partial charge in [0.25, 0.3) is 0 Å². The van der Waals surface area contributed by atoms with Gasteiger partial charge in [0.05, 0.1) is 17.1 Å². The Morgan fingerprint density at radius 1 is 0.463 bits per heavy atom. The predicted molar refractivity (Wildman–Crippen MR) is 174 cm³/mol. The molecule has 0 bridgehead atoms. The number of para-hydroxylation sites is 2. The van der Waals surface area contributed by atoms with E-state index in [-0.39, 0.29) is 10.8 Å². The Bertz CT molecular complexity index is 1990. The molecular weight excluding hydrogens is 494 g/mol. The van der Waals surface area contributed by atoms with E-state index >= 15 is 0 Å². The SMILES string of the molecule is CC1(C)c2ccccc2N2c3ccc(-c4c(-c5ccccc5)ccc5ccccc45)cc3C(C)(C)c3cccc1c32. The summed E-state index contributed by atoms with van der Waals surface area (Å²) in [7, 11) is 0. The van der Waals surface area contributed by atoms with E-state index in [1.54, 1.807) is 0 Å². The van der Waals surface area contributed by atoms with Crippen LogP contribution in [0.3, 0.4) is 0 Å². The second-order valence-corrected chi connectivity index (χ2v) is 12.6. The number of hydrogen-bond donors (Lipinski definition) is 0. The van der Waals surface area contributed by atoms with Crippen molar-refractivity contribution in [3.8, 4) is 22.3 Å². The van der Waals surface area contributed by atoms with E-state index in [1.165, 1.54) is 72.3 Å². The Hall–Kier alpha value is -4.62. The summed E-state index contributed by atoms with van der Waals surface area (Å²) in [5.74, 6) is 0. The summed E-state index contributed by atoms with van der Waals surface area (Å²) in [5, 5.41) is 2.55. The predicted octanol–water partition coefficient (Wildman–Crippen LogP) is 10.9. The van der Waals surface area contributed by atoms with Gasteiger partial charge < -0.3 is 4.90 Å². The first-order valence-corrected chi connectivity index (χ1v) is 14.6. The highest BCUT2D eigenvalue weighted by Crippen LogP contribution is 2.60. The summed E-state index contributed by atoms with van der Waals surface area (Å²) in [5.41, 5.74) is 14.3. The standard InChI is InChI=1S/C40H33N/c1-39(2)31-17-10-11-20-35(31)41-36-24-22-28(25-34(36)40(3,4)33-19-12-18-32(39)38(33)41)37-29-16-9-8-15-27(29)21-23-30(37)26-13-6-5-7-14-26/h5-25H,1-4H3. The Labute approximate surface area is 242 Å². The Balaban J connectivity index is 1.43. The molecule has 0 radical (unpaired) electrons. The van der Waals surface area contributed by atoms with E-state index in [0.29, 0.717) is 0 Å². The molecule has 0 saturated carbocycles. The molecule has 6 aromatic rings. The monoisotopic (exact) mass is 527 g/mol. The maximum Gasteiger partial charge on any atom is 0.0543 e. The van der Waals surface area contributed by atoms with Crippen LogP contribution in [0.4, 0.5) is 17.1 Å². The van der Waals surface area contributed by atoms with Crippen LogP contribution < -0.4 is 4.90 Å². The van der Waals surface area contributed by atoms with Gasteiger partial charge >= 0.3 is 0 Å². The molecule has 0 spiro atoms. The molecule has 8 rings (SSSR count). The van der Waals surface area contributed by atoms with E-state index < -0.39 is 0 Å². The normalized spacial score (nSPS) is 15.7. The first-order chi connectivity index (χ1) is 19.9. The van der Waals surface area contributed by atoms with Gasteiger partial charge in [-0.25, -0.2) is 0 Å². The smallest absolute Gasteiger partial charge is 0.0543 e. The fourth-order valence-electron chi connectivity index (χ4n) is 7.48. The molecule has 41 heavy (non-hydrogen) atoms. The van der Waals surface area contributed by atoms with E-state index in [1.807, 2.05) is 0 Å². The molecule has 0 atom stereocenters. The highest BCUT2D eigenvalue weighted by atomic mass is 15.2. The largest absolute Gasteiger partial charge is 0.309 e. The van der Waals surface area contributed by atoms with Crippen molar-refractivity contribution in [2.24, 2.45) is 0 Å². The topological polar surface area (TPSA) is 3.24 Å². The van der Waals surface area contributed by atoms with Crippen molar-refractivity contribution < 1.29 is 0 Å². The molecule has 6 aromatic carbocycles. The maximum atomic E-state index is 2.54. The van der Waals surface area contributed by atoms with Gasteiger partial charge in [-0.2, -0.15) is 0 Å². The molecule has 2 aliphatic heterocycles. The van der Waals surface area contributed by atoms with Crippen molar-refractivity contribution in [1.82, 2.24) is 0 Å². The number of nitrogens with zero attached hydrogens (tertiary/aromatic N) is 1. The van der Waals surface area contributed by atoms with Crippen LogP contribution in [-0.2, 0) is 10.8 Å². The van der Waals surface area contributed by atoms with Crippen LogP contribution >= 0.6 is 0 Å². The van der Waals surface area contributed by atoms with Gasteiger partial charge in [0.15, 0.2) is 0 Å². The fraction of sp³-hybridized carbons (Fsp3) is 0.150. The third-order valence-corrected chi connectivity index (χ3v) is 9.64. The van der Waals surface area contributed by atoms with Crippen molar-refractivity contribution in [2.45, 2.75) is 38.5 Å². The summed E-state index contributed by atoms with van der Waals surface area (Å²) in [6.07, 6.45) is 0. The molecule has 198 valence electrons. The second kappa shape index (κ2) is 8.44. The zero-order valence-electron chi connectivity index (χ0n) is 24.1. The molecule has 1 nitrogen and oxygen atoms in total. The average molecular weight is 528 g/mol. The quantitative estimate of drug-likeness (QED) is 0.216. The van der Waals surface area contributed by atoms with Crippen LogP contribution in [-0.4, -0.2) is 0 Å². The zero-order chi connectivity index (χ0) is 27.9.